The van der Waals surface area contributed by atoms with Crippen molar-refractivity contribution in [2.45, 2.75) is 18.6 Å². The zero-order valence-corrected chi connectivity index (χ0v) is 17.4. The second-order valence-corrected chi connectivity index (χ2v) is 7.70. The van der Waals surface area contributed by atoms with E-state index in [0.29, 0.717) is 29.4 Å². The van der Waals surface area contributed by atoms with Gasteiger partial charge in [-0.3, -0.25) is 9.78 Å². The summed E-state index contributed by atoms with van der Waals surface area (Å²) in [6, 6.07) is 20.7. The predicted octanol–water partition coefficient (Wildman–Crippen LogP) is 3.85. The normalized spacial score (nSPS) is 17.1. The number of carbonyl (C=O) groups is 1. The van der Waals surface area contributed by atoms with E-state index in [1.165, 1.54) is 6.20 Å². The van der Waals surface area contributed by atoms with Gasteiger partial charge in [0.15, 0.2) is 0 Å². The number of benzene rings is 2. The van der Waals surface area contributed by atoms with Crippen LogP contribution in [0.5, 0.6) is 11.5 Å². The van der Waals surface area contributed by atoms with Crippen molar-refractivity contribution in [2.75, 3.05) is 12.4 Å². The summed E-state index contributed by atoms with van der Waals surface area (Å²) < 4.78 is 5.92. The predicted molar refractivity (Wildman–Crippen MR) is 122 cm³/mol. The molecule has 7 heteroatoms. The Kier molecular flexibility index (Phi) is 5.17. The molecule has 32 heavy (non-hydrogen) atoms. The summed E-state index contributed by atoms with van der Waals surface area (Å²) in [5.74, 6) is 1.59. The Morgan fingerprint density at radius 3 is 2.78 bits per heavy atom. The van der Waals surface area contributed by atoms with Gasteiger partial charge in [-0.25, -0.2) is 4.98 Å². The maximum absolute atomic E-state index is 11.8. The Bertz CT molecular complexity index is 1310. The van der Waals surface area contributed by atoms with Crippen LogP contribution in [0.25, 0.3) is 10.9 Å². The van der Waals surface area contributed by atoms with Gasteiger partial charge in [-0.2, -0.15) is 0 Å². The van der Waals surface area contributed by atoms with Crippen LogP contribution in [0.3, 0.4) is 0 Å². The molecule has 0 spiro atoms. The van der Waals surface area contributed by atoms with Crippen LogP contribution in [0.2, 0.25) is 0 Å². The number of anilines is 1. The SMILES string of the molecule is CNC(=O)c1cc(Oc2ccc3nc(N[C@@H]4c5ccccc5C[C@@H]4O)ccc3c2)ccn1. The smallest absolute Gasteiger partial charge is 0.269 e. The molecule has 2 aromatic heterocycles. The number of fused-ring (bicyclic) bond motifs is 2. The van der Waals surface area contributed by atoms with Crippen molar-refractivity contribution in [3.05, 3.63) is 89.7 Å². The maximum Gasteiger partial charge on any atom is 0.269 e. The van der Waals surface area contributed by atoms with Gasteiger partial charge >= 0.3 is 0 Å². The highest BCUT2D eigenvalue weighted by atomic mass is 16.5. The lowest BCUT2D eigenvalue weighted by Crippen LogP contribution is -2.21. The Hall–Kier alpha value is -3.97. The van der Waals surface area contributed by atoms with Crippen LogP contribution in [-0.4, -0.2) is 34.1 Å². The first-order valence-corrected chi connectivity index (χ1v) is 10.4. The zero-order valence-electron chi connectivity index (χ0n) is 17.4. The summed E-state index contributed by atoms with van der Waals surface area (Å²) in [6.07, 6.45) is 1.69. The topological polar surface area (TPSA) is 96.4 Å². The lowest BCUT2D eigenvalue weighted by molar-refractivity contribution is 0.0958. The van der Waals surface area contributed by atoms with E-state index in [1.807, 2.05) is 48.5 Å². The monoisotopic (exact) mass is 426 g/mol. The molecule has 3 N–H and O–H groups in total. The van der Waals surface area contributed by atoms with Crippen LogP contribution in [0, 0.1) is 0 Å². The molecule has 4 aromatic rings. The maximum atomic E-state index is 11.8. The van der Waals surface area contributed by atoms with Crippen molar-refractivity contribution in [3.8, 4) is 11.5 Å². The molecular formula is C25H22N4O3. The molecule has 0 unspecified atom stereocenters. The molecule has 5 rings (SSSR count). The van der Waals surface area contributed by atoms with Gasteiger partial charge in [-0.1, -0.05) is 24.3 Å². The third-order valence-corrected chi connectivity index (χ3v) is 5.59. The molecule has 1 aliphatic rings. The first-order valence-electron chi connectivity index (χ1n) is 10.4. The van der Waals surface area contributed by atoms with E-state index >= 15 is 0 Å². The first-order chi connectivity index (χ1) is 15.6. The summed E-state index contributed by atoms with van der Waals surface area (Å²) >= 11 is 0. The molecule has 160 valence electrons. The number of amides is 1. The van der Waals surface area contributed by atoms with E-state index in [2.05, 4.69) is 21.7 Å². The van der Waals surface area contributed by atoms with Crippen LogP contribution >= 0.6 is 0 Å². The van der Waals surface area contributed by atoms with Crippen LogP contribution in [-0.2, 0) is 6.42 Å². The third kappa shape index (κ3) is 3.86. The van der Waals surface area contributed by atoms with Crippen molar-refractivity contribution < 1.29 is 14.6 Å². The van der Waals surface area contributed by atoms with E-state index in [0.717, 1.165) is 22.0 Å². The molecule has 0 radical (unpaired) electrons. The van der Waals surface area contributed by atoms with Gasteiger partial charge in [0, 0.05) is 31.1 Å². The number of pyridine rings is 2. The molecule has 0 fully saturated rings. The Balaban J connectivity index is 1.36. The average molecular weight is 426 g/mol. The fraction of sp³-hybridized carbons (Fsp3) is 0.160. The molecule has 7 nitrogen and oxygen atoms in total. The summed E-state index contributed by atoms with van der Waals surface area (Å²) in [6.45, 7) is 0. The van der Waals surface area contributed by atoms with Gasteiger partial charge in [0.2, 0.25) is 0 Å². The molecule has 2 atom stereocenters. The lowest BCUT2D eigenvalue weighted by atomic mass is 10.1. The fourth-order valence-corrected chi connectivity index (χ4v) is 4.02. The zero-order chi connectivity index (χ0) is 22.1. The summed E-state index contributed by atoms with van der Waals surface area (Å²) in [7, 11) is 1.56. The van der Waals surface area contributed by atoms with Gasteiger partial charge in [0.1, 0.15) is 23.0 Å². The fourth-order valence-electron chi connectivity index (χ4n) is 4.02. The van der Waals surface area contributed by atoms with Gasteiger partial charge < -0.3 is 20.5 Å². The van der Waals surface area contributed by atoms with Gasteiger partial charge in [-0.05, 0) is 47.5 Å². The number of aliphatic hydroxyl groups is 1. The molecule has 0 saturated carbocycles. The molecule has 2 aromatic carbocycles. The van der Waals surface area contributed by atoms with Crippen LogP contribution in [0.1, 0.15) is 27.7 Å². The van der Waals surface area contributed by atoms with Gasteiger partial charge in [-0.15, -0.1) is 0 Å². The number of nitrogens with one attached hydrogen (secondary N) is 2. The second kappa shape index (κ2) is 8.28. The number of aliphatic hydroxyl groups excluding tert-OH is 1. The molecule has 0 saturated heterocycles. The molecular weight excluding hydrogens is 404 g/mol. The standard InChI is InChI=1S/C25H22N4O3/c1-26-25(31)21-14-18(10-11-27-21)32-17-7-8-20-16(12-17)6-9-23(28-20)29-24-19-5-3-2-4-15(19)13-22(24)30/h2-12,14,22,24,30H,13H2,1H3,(H,26,31)(H,28,29)/t22-,24+/m0/s1. The summed E-state index contributed by atoms with van der Waals surface area (Å²) in [5, 5.41) is 17.3. The number of hydrogen-bond donors (Lipinski definition) is 3. The van der Waals surface area contributed by atoms with E-state index in [1.54, 1.807) is 19.2 Å². The van der Waals surface area contributed by atoms with Gasteiger partial charge in [0.05, 0.1) is 17.7 Å². The lowest BCUT2D eigenvalue weighted by Gasteiger charge is -2.19. The van der Waals surface area contributed by atoms with Crippen LogP contribution in [0.4, 0.5) is 5.82 Å². The minimum atomic E-state index is -0.485. The minimum Gasteiger partial charge on any atom is -0.457 e. The highest BCUT2D eigenvalue weighted by Crippen LogP contribution is 2.34. The Labute approximate surface area is 185 Å². The highest BCUT2D eigenvalue weighted by molar-refractivity contribution is 5.92. The quantitative estimate of drug-likeness (QED) is 0.449. The molecule has 1 aliphatic carbocycles. The third-order valence-electron chi connectivity index (χ3n) is 5.59. The average Bonchev–Trinajstić information content (AvgIpc) is 3.13. The van der Waals surface area contributed by atoms with E-state index in [4.69, 9.17) is 9.72 Å². The number of nitrogens with zero attached hydrogens (tertiary/aromatic N) is 2. The van der Waals surface area contributed by atoms with Crippen molar-refractivity contribution >= 4 is 22.6 Å². The second-order valence-electron chi connectivity index (χ2n) is 7.70. The van der Waals surface area contributed by atoms with Crippen LogP contribution in [0.15, 0.2) is 72.9 Å². The molecule has 2 heterocycles. The molecule has 0 bridgehead atoms. The highest BCUT2D eigenvalue weighted by Gasteiger charge is 2.30. The number of rotatable bonds is 5. The van der Waals surface area contributed by atoms with Crippen LogP contribution < -0.4 is 15.4 Å². The number of aromatic nitrogens is 2. The van der Waals surface area contributed by atoms with E-state index in [9.17, 15) is 9.90 Å². The Morgan fingerprint density at radius 1 is 1.06 bits per heavy atom. The molecule has 1 amide bonds. The largest absolute Gasteiger partial charge is 0.457 e. The van der Waals surface area contributed by atoms with Gasteiger partial charge in [0.25, 0.3) is 5.91 Å². The number of ether oxygens (including phenoxy) is 1. The van der Waals surface area contributed by atoms with Crippen molar-refractivity contribution in [2.24, 2.45) is 0 Å². The summed E-state index contributed by atoms with van der Waals surface area (Å²) in [5.41, 5.74) is 3.37. The Morgan fingerprint density at radius 2 is 1.91 bits per heavy atom. The van der Waals surface area contributed by atoms with E-state index < -0.39 is 6.10 Å². The van der Waals surface area contributed by atoms with Crippen molar-refractivity contribution in [1.82, 2.24) is 15.3 Å². The molecule has 0 aliphatic heterocycles. The summed E-state index contributed by atoms with van der Waals surface area (Å²) in [4.78, 5) is 20.5. The van der Waals surface area contributed by atoms with E-state index in [-0.39, 0.29) is 11.9 Å². The minimum absolute atomic E-state index is 0.181. The van der Waals surface area contributed by atoms with Crippen molar-refractivity contribution in [1.29, 1.82) is 0 Å². The number of carbonyl (C=O) groups excluding carboxylic acids is 1. The number of hydrogen-bond acceptors (Lipinski definition) is 6. The first kappa shape index (κ1) is 20.0. The van der Waals surface area contributed by atoms with Crippen molar-refractivity contribution in [3.63, 3.8) is 0 Å².